The predicted molar refractivity (Wildman–Crippen MR) is 117 cm³/mol. The van der Waals surface area contributed by atoms with Gasteiger partial charge in [-0.3, -0.25) is 0 Å². The average molecular weight is 383 g/mol. The summed E-state index contributed by atoms with van der Waals surface area (Å²) in [6, 6.07) is 16.7. The van der Waals surface area contributed by atoms with Gasteiger partial charge in [0, 0.05) is 5.69 Å². The number of anilines is 1. The minimum atomic E-state index is 0.177. The van der Waals surface area contributed by atoms with Gasteiger partial charge in [0.1, 0.15) is 5.75 Å². The van der Waals surface area contributed by atoms with E-state index in [4.69, 9.17) is 17.0 Å². The summed E-state index contributed by atoms with van der Waals surface area (Å²) in [5, 5.41) is 7.43. The lowest BCUT2D eigenvalue weighted by Gasteiger charge is -2.26. The van der Waals surface area contributed by atoms with Crippen LogP contribution in [0.15, 0.2) is 48.5 Å². The molecule has 0 amide bonds. The predicted octanol–water partition coefficient (Wildman–Crippen LogP) is 6.00. The number of thiocarbonyl (C=S) groups is 1. The summed E-state index contributed by atoms with van der Waals surface area (Å²) in [4.78, 5) is 0. The molecule has 0 radical (unpaired) electrons. The molecule has 27 heavy (non-hydrogen) atoms. The van der Waals surface area contributed by atoms with E-state index in [9.17, 15) is 0 Å². The second-order valence-electron chi connectivity index (χ2n) is 7.73. The molecular weight excluding hydrogens is 352 g/mol. The summed E-state index contributed by atoms with van der Waals surface area (Å²) in [6.07, 6.45) is 5.28. The average Bonchev–Trinajstić information content (AvgIpc) is 3.15. The van der Waals surface area contributed by atoms with Gasteiger partial charge in [-0.25, -0.2) is 0 Å². The fourth-order valence-electron chi connectivity index (χ4n) is 3.66. The largest absolute Gasteiger partial charge is 0.490 e. The van der Waals surface area contributed by atoms with Crippen molar-refractivity contribution >= 4 is 23.0 Å². The highest BCUT2D eigenvalue weighted by atomic mass is 32.1. The van der Waals surface area contributed by atoms with E-state index in [1.807, 2.05) is 24.3 Å². The van der Waals surface area contributed by atoms with Gasteiger partial charge in [-0.2, -0.15) is 0 Å². The van der Waals surface area contributed by atoms with Crippen molar-refractivity contribution in [2.75, 3.05) is 5.32 Å². The Labute approximate surface area is 168 Å². The van der Waals surface area contributed by atoms with Gasteiger partial charge in [0.2, 0.25) is 0 Å². The third-order valence-corrected chi connectivity index (χ3v) is 5.41. The topological polar surface area (TPSA) is 33.3 Å². The van der Waals surface area contributed by atoms with Gasteiger partial charge in [-0.05, 0) is 86.1 Å². The quantitative estimate of drug-likeness (QED) is 0.600. The molecule has 1 atom stereocenters. The Morgan fingerprint density at radius 2 is 1.70 bits per heavy atom. The van der Waals surface area contributed by atoms with E-state index in [-0.39, 0.29) is 6.04 Å². The lowest BCUT2D eigenvalue weighted by molar-refractivity contribution is 0.210. The van der Waals surface area contributed by atoms with E-state index >= 15 is 0 Å². The minimum absolute atomic E-state index is 0.177. The Hall–Kier alpha value is -2.07. The van der Waals surface area contributed by atoms with E-state index in [1.54, 1.807) is 0 Å². The number of hydrogen-bond acceptors (Lipinski definition) is 2. The molecule has 3 rings (SSSR count). The fraction of sp³-hybridized carbons (Fsp3) is 0.435. The highest BCUT2D eigenvalue weighted by molar-refractivity contribution is 7.80. The van der Waals surface area contributed by atoms with Crippen LogP contribution < -0.4 is 15.4 Å². The molecule has 1 fully saturated rings. The SMILES string of the molecule is Cc1ccccc1[C@@H](NC(=S)Nc1ccc(OC2CCCC2)cc1)C(C)C. The van der Waals surface area contributed by atoms with Crippen LogP contribution in [0.5, 0.6) is 5.75 Å². The summed E-state index contributed by atoms with van der Waals surface area (Å²) in [7, 11) is 0. The van der Waals surface area contributed by atoms with Gasteiger partial charge in [-0.15, -0.1) is 0 Å². The molecule has 1 aliphatic rings. The second kappa shape index (κ2) is 9.23. The van der Waals surface area contributed by atoms with Crippen LogP contribution in [0.1, 0.15) is 56.7 Å². The van der Waals surface area contributed by atoms with Gasteiger partial charge in [0.05, 0.1) is 12.1 Å². The molecule has 144 valence electrons. The summed E-state index contributed by atoms with van der Waals surface area (Å²) < 4.78 is 6.03. The van der Waals surface area contributed by atoms with Crippen LogP contribution in [0.2, 0.25) is 0 Å². The third kappa shape index (κ3) is 5.46. The standard InChI is InChI=1S/C23H30N2OS/c1-16(2)22(21-11-7-4-8-17(21)3)25-23(27)24-18-12-14-20(15-13-18)26-19-9-5-6-10-19/h4,7-8,11-16,19,22H,5-6,9-10H2,1-3H3,(H2,24,25,27)/t22-/m0/s1. The lowest BCUT2D eigenvalue weighted by atomic mass is 9.93. The van der Waals surface area contributed by atoms with Crippen molar-refractivity contribution in [1.82, 2.24) is 5.32 Å². The molecule has 0 spiro atoms. The van der Waals surface area contributed by atoms with Crippen molar-refractivity contribution in [3.8, 4) is 5.75 Å². The first-order chi connectivity index (χ1) is 13.0. The van der Waals surface area contributed by atoms with Crippen LogP contribution in [-0.4, -0.2) is 11.2 Å². The Kier molecular flexibility index (Phi) is 6.73. The van der Waals surface area contributed by atoms with Gasteiger partial charge >= 0.3 is 0 Å². The van der Waals surface area contributed by atoms with Crippen LogP contribution in [0.3, 0.4) is 0 Å². The molecule has 0 unspecified atom stereocenters. The maximum absolute atomic E-state index is 6.03. The molecule has 3 nitrogen and oxygen atoms in total. The first-order valence-corrected chi connectivity index (χ1v) is 10.3. The Morgan fingerprint density at radius 3 is 2.33 bits per heavy atom. The molecule has 1 aliphatic carbocycles. The summed E-state index contributed by atoms with van der Waals surface area (Å²) in [6.45, 7) is 6.57. The number of hydrogen-bond donors (Lipinski definition) is 2. The van der Waals surface area contributed by atoms with Crippen LogP contribution in [0, 0.1) is 12.8 Å². The number of nitrogens with one attached hydrogen (secondary N) is 2. The van der Waals surface area contributed by atoms with Crippen molar-refractivity contribution in [3.63, 3.8) is 0 Å². The molecule has 0 aromatic heterocycles. The normalized spacial score (nSPS) is 15.6. The Bertz CT molecular complexity index is 751. The van der Waals surface area contributed by atoms with E-state index in [0.717, 1.165) is 11.4 Å². The smallest absolute Gasteiger partial charge is 0.171 e. The molecule has 0 bridgehead atoms. The van der Waals surface area contributed by atoms with E-state index in [2.05, 4.69) is 55.7 Å². The van der Waals surface area contributed by atoms with E-state index in [1.165, 1.54) is 36.8 Å². The third-order valence-electron chi connectivity index (χ3n) is 5.19. The van der Waals surface area contributed by atoms with Crippen LogP contribution in [0.25, 0.3) is 0 Å². The first-order valence-electron chi connectivity index (χ1n) is 9.92. The fourth-order valence-corrected chi connectivity index (χ4v) is 3.91. The highest BCUT2D eigenvalue weighted by Crippen LogP contribution is 2.26. The molecule has 2 N–H and O–H groups in total. The zero-order valence-electron chi connectivity index (χ0n) is 16.5. The molecule has 0 heterocycles. The molecular formula is C23H30N2OS. The number of rotatable bonds is 6. The number of ether oxygens (including phenoxy) is 1. The van der Waals surface area contributed by atoms with Crippen molar-refractivity contribution in [1.29, 1.82) is 0 Å². The van der Waals surface area contributed by atoms with Crippen molar-refractivity contribution in [2.45, 2.75) is 58.6 Å². The summed E-state index contributed by atoms with van der Waals surface area (Å²) in [5.74, 6) is 1.36. The van der Waals surface area contributed by atoms with Crippen molar-refractivity contribution < 1.29 is 4.74 Å². The minimum Gasteiger partial charge on any atom is -0.490 e. The van der Waals surface area contributed by atoms with E-state index in [0.29, 0.717) is 17.1 Å². The molecule has 0 aliphatic heterocycles. The highest BCUT2D eigenvalue weighted by Gasteiger charge is 2.19. The number of aryl methyl sites for hydroxylation is 1. The summed E-state index contributed by atoms with van der Waals surface area (Å²) >= 11 is 5.57. The molecule has 0 saturated heterocycles. The van der Waals surface area contributed by atoms with Gasteiger partial charge in [0.15, 0.2) is 5.11 Å². The molecule has 4 heteroatoms. The second-order valence-corrected chi connectivity index (χ2v) is 8.13. The van der Waals surface area contributed by atoms with Crippen LogP contribution in [0.4, 0.5) is 5.69 Å². The molecule has 2 aromatic carbocycles. The summed E-state index contributed by atoms with van der Waals surface area (Å²) in [5.41, 5.74) is 3.54. The number of benzene rings is 2. The zero-order chi connectivity index (χ0) is 19.2. The molecule has 1 saturated carbocycles. The van der Waals surface area contributed by atoms with Crippen molar-refractivity contribution in [3.05, 3.63) is 59.7 Å². The maximum atomic E-state index is 6.03. The monoisotopic (exact) mass is 382 g/mol. The first kappa shape index (κ1) is 19.7. The maximum Gasteiger partial charge on any atom is 0.171 e. The zero-order valence-corrected chi connectivity index (χ0v) is 17.3. The lowest BCUT2D eigenvalue weighted by Crippen LogP contribution is -2.35. The van der Waals surface area contributed by atoms with Crippen LogP contribution in [-0.2, 0) is 0 Å². The van der Waals surface area contributed by atoms with Crippen LogP contribution >= 0.6 is 12.2 Å². The van der Waals surface area contributed by atoms with Gasteiger partial charge in [0.25, 0.3) is 0 Å². The van der Waals surface area contributed by atoms with Gasteiger partial charge in [-0.1, -0.05) is 38.1 Å². The molecule has 2 aromatic rings. The van der Waals surface area contributed by atoms with Crippen molar-refractivity contribution in [2.24, 2.45) is 5.92 Å². The Balaban J connectivity index is 1.59. The van der Waals surface area contributed by atoms with E-state index < -0.39 is 0 Å². The van der Waals surface area contributed by atoms with Gasteiger partial charge < -0.3 is 15.4 Å². The Morgan fingerprint density at radius 1 is 1.04 bits per heavy atom.